The van der Waals surface area contributed by atoms with Gasteiger partial charge in [0.2, 0.25) is 0 Å². The monoisotopic (exact) mass is 394 g/mol. The van der Waals surface area contributed by atoms with Crippen LogP contribution >= 0.6 is 0 Å². The van der Waals surface area contributed by atoms with Crippen LogP contribution < -0.4 is 19.7 Å². The number of imide groups is 2. The number of ether oxygens (including phenoxy) is 2. The van der Waals surface area contributed by atoms with Gasteiger partial charge in [-0.2, -0.15) is 0 Å². The zero-order valence-electron chi connectivity index (χ0n) is 16.7. The number of methoxy groups -OCH3 is 2. The second kappa shape index (κ2) is 8.18. The van der Waals surface area contributed by atoms with Crippen molar-refractivity contribution in [3.63, 3.8) is 0 Å². The molecule has 1 saturated heterocycles. The molecule has 0 radical (unpaired) electrons. The summed E-state index contributed by atoms with van der Waals surface area (Å²) in [4.78, 5) is 38.6. The molecule has 7 nitrogen and oxygen atoms in total. The number of barbiturate groups is 1. The van der Waals surface area contributed by atoms with E-state index in [0.717, 1.165) is 10.5 Å². The Kier molecular flexibility index (Phi) is 5.68. The number of carbonyl (C=O) groups excluding carboxylic acids is 3. The Labute approximate surface area is 168 Å². The lowest BCUT2D eigenvalue weighted by molar-refractivity contribution is -0.122. The second-order valence-corrected chi connectivity index (χ2v) is 6.81. The van der Waals surface area contributed by atoms with Crippen LogP contribution in [0.3, 0.4) is 0 Å². The van der Waals surface area contributed by atoms with Gasteiger partial charge in [-0.1, -0.05) is 26.0 Å². The number of hydrogen-bond acceptors (Lipinski definition) is 5. The molecule has 150 valence electrons. The van der Waals surface area contributed by atoms with Gasteiger partial charge in [-0.3, -0.25) is 14.9 Å². The Hall–Kier alpha value is -3.61. The third-order valence-electron chi connectivity index (χ3n) is 4.66. The van der Waals surface area contributed by atoms with E-state index in [2.05, 4.69) is 19.2 Å². The number of anilines is 1. The fourth-order valence-electron chi connectivity index (χ4n) is 2.99. The summed E-state index contributed by atoms with van der Waals surface area (Å²) in [6.45, 7) is 4.10. The Morgan fingerprint density at radius 2 is 1.66 bits per heavy atom. The average molecular weight is 394 g/mol. The van der Waals surface area contributed by atoms with E-state index >= 15 is 0 Å². The summed E-state index contributed by atoms with van der Waals surface area (Å²) in [5, 5.41) is 2.22. The molecule has 7 heteroatoms. The van der Waals surface area contributed by atoms with Crippen molar-refractivity contribution in [2.75, 3.05) is 19.1 Å². The number of nitrogens with one attached hydrogen (secondary N) is 1. The van der Waals surface area contributed by atoms with Crippen LogP contribution in [0.5, 0.6) is 11.5 Å². The van der Waals surface area contributed by atoms with Gasteiger partial charge in [-0.15, -0.1) is 0 Å². The van der Waals surface area contributed by atoms with E-state index in [0.29, 0.717) is 28.7 Å². The molecule has 2 aromatic rings. The third kappa shape index (κ3) is 3.99. The third-order valence-corrected chi connectivity index (χ3v) is 4.66. The smallest absolute Gasteiger partial charge is 0.335 e. The van der Waals surface area contributed by atoms with E-state index < -0.39 is 17.8 Å². The predicted molar refractivity (Wildman–Crippen MR) is 109 cm³/mol. The van der Waals surface area contributed by atoms with Gasteiger partial charge in [0.05, 0.1) is 19.9 Å². The first kappa shape index (κ1) is 20.1. The van der Waals surface area contributed by atoms with Crippen LogP contribution in [-0.4, -0.2) is 32.1 Å². The summed E-state index contributed by atoms with van der Waals surface area (Å²) in [6.07, 6.45) is 1.40. The van der Waals surface area contributed by atoms with Gasteiger partial charge in [0.15, 0.2) is 0 Å². The fraction of sp³-hybridized carbons (Fsp3) is 0.227. The van der Waals surface area contributed by atoms with Crippen LogP contribution in [0.1, 0.15) is 30.9 Å². The average Bonchev–Trinajstić information content (AvgIpc) is 2.71. The van der Waals surface area contributed by atoms with Gasteiger partial charge in [0.1, 0.15) is 17.1 Å². The number of hydrogen-bond donors (Lipinski definition) is 1. The Morgan fingerprint density at radius 1 is 0.966 bits per heavy atom. The molecule has 1 aliphatic heterocycles. The van der Waals surface area contributed by atoms with Crippen LogP contribution in [0.25, 0.3) is 6.08 Å². The minimum atomic E-state index is -0.781. The van der Waals surface area contributed by atoms with Crippen molar-refractivity contribution in [2.45, 2.75) is 19.8 Å². The van der Waals surface area contributed by atoms with Gasteiger partial charge in [0.25, 0.3) is 11.8 Å². The summed E-state index contributed by atoms with van der Waals surface area (Å²) >= 11 is 0. The zero-order valence-corrected chi connectivity index (χ0v) is 16.7. The number of amides is 4. The van der Waals surface area contributed by atoms with Crippen LogP contribution in [-0.2, 0) is 9.59 Å². The molecule has 0 spiro atoms. The van der Waals surface area contributed by atoms with Gasteiger partial charge in [-0.05, 0) is 41.8 Å². The molecule has 1 N–H and O–H groups in total. The number of rotatable bonds is 5. The fourth-order valence-corrected chi connectivity index (χ4v) is 2.99. The first-order chi connectivity index (χ1) is 13.8. The molecule has 4 amide bonds. The maximum atomic E-state index is 13.0. The van der Waals surface area contributed by atoms with E-state index in [-0.39, 0.29) is 5.57 Å². The molecule has 1 heterocycles. The van der Waals surface area contributed by atoms with Crippen molar-refractivity contribution >= 4 is 29.6 Å². The number of urea groups is 1. The second-order valence-electron chi connectivity index (χ2n) is 6.81. The predicted octanol–water partition coefficient (Wildman–Crippen LogP) is 3.49. The van der Waals surface area contributed by atoms with Crippen molar-refractivity contribution in [3.05, 3.63) is 59.2 Å². The van der Waals surface area contributed by atoms with Crippen LogP contribution in [0.4, 0.5) is 10.5 Å². The summed E-state index contributed by atoms with van der Waals surface area (Å²) in [5.74, 6) is -0.135. The molecule has 29 heavy (non-hydrogen) atoms. The van der Waals surface area contributed by atoms with Crippen LogP contribution in [0, 0.1) is 0 Å². The summed E-state index contributed by atoms with van der Waals surface area (Å²) < 4.78 is 10.5. The topological polar surface area (TPSA) is 84.9 Å². The molecule has 2 aromatic carbocycles. The lowest BCUT2D eigenvalue weighted by atomic mass is 10.0. The lowest BCUT2D eigenvalue weighted by Crippen LogP contribution is -2.54. The van der Waals surface area contributed by atoms with Crippen molar-refractivity contribution in [2.24, 2.45) is 0 Å². The molecule has 0 unspecified atom stereocenters. The summed E-state index contributed by atoms with van der Waals surface area (Å²) in [7, 11) is 3.00. The SMILES string of the molecule is COc1ccc(/C=C2/C(=O)NC(=O)N(c3ccc(C(C)C)cc3)C2=O)c(OC)c1. The van der Waals surface area contributed by atoms with E-state index in [1.165, 1.54) is 20.3 Å². The maximum Gasteiger partial charge on any atom is 0.335 e. The molecule has 0 atom stereocenters. The number of nitrogens with zero attached hydrogens (tertiary/aromatic N) is 1. The van der Waals surface area contributed by atoms with Crippen LogP contribution in [0.2, 0.25) is 0 Å². The molecule has 1 aliphatic rings. The Bertz CT molecular complexity index is 993. The van der Waals surface area contributed by atoms with E-state index in [1.807, 2.05) is 12.1 Å². The molecule has 0 aromatic heterocycles. The van der Waals surface area contributed by atoms with Crippen molar-refractivity contribution in [1.82, 2.24) is 5.32 Å². The molecule has 3 rings (SSSR count). The minimum absolute atomic E-state index is 0.166. The zero-order chi connectivity index (χ0) is 21.1. The highest BCUT2D eigenvalue weighted by Crippen LogP contribution is 2.29. The standard InChI is InChI=1S/C22H22N2O5/c1-13(2)14-5-8-16(9-6-14)24-21(26)18(20(25)23-22(24)27)11-15-7-10-17(28-3)12-19(15)29-4/h5-13H,1-4H3,(H,23,25,27)/b18-11-. The number of carbonyl (C=O) groups is 3. The highest BCUT2D eigenvalue weighted by atomic mass is 16.5. The molecule has 0 aliphatic carbocycles. The molecular formula is C22H22N2O5. The van der Waals surface area contributed by atoms with E-state index in [4.69, 9.17) is 9.47 Å². The maximum absolute atomic E-state index is 13.0. The normalized spacial score (nSPS) is 15.7. The first-order valence-electron chi connectivity index (χ1n) is 9.09. The van der Waals surface area contributed by atoms with Gasteiger partial charge < -0.3 is 9.47 Å². The largest absolute Gasteiger partial charge is 0.497 e. The van der Waals surface area contributed by atoms with Gasteiger partial charge >= 0.3 is 6.03 Å². The molecule has 0 bridgehead atoms. The summed E-state index contributed by atoms with van der Waals surface area (Å²) in [5.41, 5.74) is 1.81. The van der Waals surface area contributed by atoms with Gasteiger partial charge in [-0.25, -0.2) is 9.69 Å². The number of benzene rings is 2. The minimum Gasteiger partial charge on any atom is -0.497 e. The first-order valence-corrected chi connectivity index (χ1v) is 9.09. The van der Waals surface area contributed by atoms with E-state index in [9.17, 15) is 14.4 Å². The van der Waals surface area contributed by atoms with Crippen molar-refractivity contribution < 1.29 is 23.9 Å². The van der Waals surface area contributed by atoms with Crippen molar-refractivity contribution in [3.8, 4) is 11.5 Å². The van der Waals surface area contributed by atoms with Gasteiger partial charge in [0, 0.05) is 11.6 Å². The van der Waals surface area contributed by atoms with Crippen molar-refractivity contribution in [1.29, 1.82) is 0 Å². The summed E-state index contributed by atoms with van der Waals surface area (Å²) in [6, 6.07) is 11.3. The van der Waals surface area contributed by atoms with Crippen LogP contribution in [0.15, 0.2) is 48.0 Å². The Morgan fingerprint density at radius 3 is 2.24 bits per heavy atom. The lowest BCUT2D eigenvalue weighted by Gasteiger charge is -2.26. The molecular weight excluding hydrogens is 372 g/mol. The highest BCUT2D eigenvalue weighted by Gasteiger charge is 2.37. The molecule has 0 saturated carbocycles. The molecule has 1 fully saturated rings. The van der Waals surface area contributed by atoms with E-state index in [1.54, 1.807) is 30.3 Å². The quantitative estimate of drug-likeness (QED) is 0.620. The highest BCUT2D eigenvalue weighted by molar-refractivity contribution is 6.39. The Balaban J connectivity index is 2.00.